The summed E-state index contributed by atoms with van der Waals surface area (Å²) in [6, 6.07) is 28.5. The topological polar surface area (TPSA) is 88.5 Å². The zero-order valence-corrected chi connectivity index (χ0v) is 26.2. The second-order valence-corrected chi connectivity index (χ2v) is 13.3. The summed E-state index contributed by atoms with van der Waals surface area (Å²) in [6.07, 6.45) is 5.63. The Morgan fingerprint density at radius 3 is 2.27 bits per heavy atom. The van der Waals surface area contributed by atoms with E-state index in [1.165, 1.54) is 18.4 Å². The first-order valence-corrected chi connectivity index (χ1v) is 15.9. The fourth-order valence-corrected chi connectivity index (χ4v) is 6.31. The molecule has 5 aromatic rings. The molecule has 230 valence electrons. The van der Waals surface area contributed by atoms with Crippen LogP contribution in [0, 0.1) is 5.92 Å². The summed E-state index contributed by atoms with van der Waals surface area (Å²) in [7, 11) is 0. The highest BCUT2D eigenvalue weighted by Crippen LogP contribution is 2.33. The molecule has 1 unspecified atom stereocenters. The molecule has 1 atom stereocenters. The quantitative estimate of drug-likeness (QED) is 0.177. The molecule has 1 fully saturated rings. The number of ether oxygens (including phenoxy) is 1. The van der Waals surface area contributed by atoms with Crippen molar-refractivity contribution in [3.63, 3.8) is 0 Å². The fraction of sp³-hybridized carbons (Fsp3) is 0.308. The number of pyridine rings is 1. The summed E-state index contributed by atoms with van der Waals surface area (Å²) >= 11 is 0. The summed E-state index contributed by atoms with van der Waals surface area (Å²) in [5, 5.41) is 16.7. The van der Waals surface area contributed by atoms with E-state index in [1.807, 2.05) is 72.8 Å². The summed E-state index contributed by atoms with van der Waals surface area (Å²) in [6.45, 7) is 6.56. The van der Waals surface area contributed by atoms with Gasteiger partial charge in [-0.1, -0.05) is 107 Å². The van der Waals surface area contributed by atoms with Crippen molar-refractivity contribution >= 4 is 33.4 Å². The molecule has 1 heterocycles. The van der Waals surface area contributed by atoms with Gasteiger partial charge in [0, 0.05) is 17.5 Å². The summed E-state index contributed by atoms with van der Waals surface area (Å²) < 4.78 is 6.25. The Balaban J connectivity index is 1.26. The summed E-state index contributed by atoms with van der Waals surface area (Å²) in [5.41, 5.74) is 3.22. The van der Waals surface area contributed by atoms with Crippen LogP contribution >= 0.6 is 0 Å². The molecule has 1 aliphatic rings. The largest absolute Gasteiger partial charge is 0.480 e. The maximum atomic E-state index is 13.5. The number of amides is 1. The highest BCUT2D eigenvalue weighted by molar-refractivity contribution is 5.99. The van der Waals surface area contributed by atoms with Gasteiger partial charge in [-0.15, -0.1) is 0 Å². The van der Waals surface area contributed by atoms with E-state index in [1.54, 1.807) is 6.07 Å². The van der Waals surface area contributed by atoms with Gasteiger partial charge in [0.1, 0.15) is 23.2 Å². The number of aromatic nitrogens is 1. The van der Waals surface area contributed by atoms with Gasteiger partial charge in [0.05, 0.1) is 0 Å². The minimum absolute atomic E-state index is 0.0627. The standard InChI is InChI=1S/C39H40N2O4/c1-39(2,3)30-15-18-31(19-16-30)45-32-17-14-29-23-35(40-34(33(29)24-32)21-25-8-4-5-9-25)37(42)41-36(38(43)44)22-26-12-13-27-10-6-7-11-28(27)20-26/h6-7,10-20,23-25,36H,4-5,8-9,21-22H2,1-3H3,(H,41,42)(H,43,44). The number of rotatable bonds is 9. The van der Waals surface area contributed by atoms with Crippen molar-refractivity contribution in [2.45, 2.75) is 70.8 Å². The number of nitrogens with one attached hydrogen (secondary N) is 1. The first-order valence-electron chi connectivity index (χ1n) is 15.9. The highest BCUT2D eigenvalue weighted by atomic mass is 16.5. The Kier molecular flexibility index (Phi) is 8.57. The lowest BCUT2D eigenvalue weighted by atomic mass is 9.87. The Labute approximate surface area is 264 Å². The lowest BCUT2D eigenvalue weighted by Gasteiger charge is -2.19. The van der Waals surface area contributed by atoms with Crippen molar-refractivity contribution < 1.29 is 19.4 Å². The van der Waals surface area contributed by atoms with Crippen LogP contribution in [-0.4, -0.2) is 28.0 Å². The second kappa shape index (κ2) is 12.7. The SMILES string of the molecule is CC(C)(C)c1ccc(Oc2ccc3cc(C(=O)NC(Cc4ccc5ccccc5c4)C(=O)O)nc(CC4CCCC4)c3c2)cc1. The van der Waals surface area contributed by atoms with Gasteiger partial charge >= 0.3 is 5.97 Å². The van der Waals surface area contributed by atoms with E-state index in [0.717, 1.165) is 57.8 Å². The van der Waals surface area contributed by atoms with Crippen molar-refractivity contribution in [3.05, 3.63) is 114 Å². The van der Waals surface area contributed by atoms with Crippen LogP contribution in [0.25, 0.3) is 21.5 Å². The van der Waals surface area contributed by atoms with E-state index in [0.29, 0.717) is 11.7 Å². The third-order valence-electron chi connectivity index (χ3n) is 8.89. The van der Waals surface area contributed by atoms with E-state index >= 15 is 0 Å². The lowest BCUT2D eigenvalue weighted by molar-refractivity contribution is -0.139. The van der Waals surface area contributed by atoms with Crippen LogP contribution in [0.2, 0.25) is 0 Å². The van der Waals surface area contributed by atoms with Gasteiger partial charge in [0.25, 0.3) is 5.91 Å². The average Bonchev–Trinajstić information content (AvgIpc) is 3.53. The molecule has 1 amide bonds. The predicted molar refractivity (Wildman–Crippen MR) is 179 cm³/mol. The molecule has 6 heteroatoms. The van der Waals surface area contributed by atoms with Crippen LogP contribution in [0.3, 0.4) is 0 Å². The average molecular weight is 601 g/mol. The first kappa shape index (κ1) is 30.3. The minimum Gasteiger partial charge on any atom is -0.480 e. The monoisotopic (exact) mass is 600 g/mol. The molecule has 0 saturated heterocycles. The Morgan fingerprint density at radius 1 is 0.867 bits per heavy atom. The van der Waals surface area contributed by atoms with E-state index in [9.17, 15) is 14.7 Å². The summed E-state index contributed by atoms with van der Waals surface area (Å²) in [5.74, 6) is 0.403. The molecule has 1 saturated carbocycles. The van der Waals surface area contributed by atoms with E-state index in [-0.39, 0.29) is 17.5 Å². The van der Waals surface area contributed by atoms with Crippen molar-refractivity contribution in [1.29, 1.82) is 0 Å². The van der Waals surface area contributed by atoms with Gasteiger partial charge in [0.2, 0.25) is 0 Å². The molecule has 2 N–H and O–H groups in total. The van der Waals surface area contributed by atoms with Crippen LogP contribution in [0.15, 0.2) is 91.0 Å². The molecule has 0 radical (unpaired) electrons. The number of carboxylic acids is 1. The number of hydrogen-bond acceptors (Lipinski definition) is 4. The van der Waals surface area contributed by atoms with Gasteiger partial charge in [0.15, 0.2) is 0 Å². The van der Waals surface area contributed by atoms with Crippen molar-refractivity contribution in [1.82, 2.24) is 10.3 Å². The first-order chi connectivity index (χ1) is 21.6. The number of benzene rings is 4. The number of aliphatic carboxylic acids is 1. The van der Waals surface area contributed by atoms with Gasteiger partial charge in [-0.25, -0.2) is 9.78 Å². The molecular weight excluding hydrogens is 560 g/mol. The number of fused-ring (bicyclic) bond motifs is 2. The van der Waals surface area contributed by atoms with Crippen LogP contribution in [0.1, 0.15) is 73.8 Å². The Hall–Kier alpha value is -4.71. The third kappa shape index (κ3) is 7.17. The smallest absolute Gasteiger partial charge is 0.326 e. The molecule has 0 spiro atoms. The van der Waals surface area contributed by atoms with Gasteiger partial charge in [-0.05, 0) is 75.4 Å². The Morgan fingerprint density at radius 2 is 1.56 bits per heavy atom. The molecule has 6 rings (SSSR count). The molecule has 0 aliphatic heterocycles. The fourth-order valence-electron chi connectivity index (χ4n) is 6.31. The third-order valence-corrected chi connectivity index (χ3v) is 8.89. The Bertz CT molecular complexity index is 1850. The van der Waals surface area contributed by atoms with Gasteiger partial charge < -0.3 is 15.2 Å². The van der Waals surface area contributed by atoms with E-state index in [2.05, 4.69) is 38.2 Å². The molecule has 1 aromatic heterocycles. The van der Waals surface area contributed by atoms with Gasteiger partial charge in [-0.2, -0.15) is 0 Å². The molecule has 4 aromatic carbocycles. The highest BCUT2D eigenvalue weighted by Gasteiger charge is 2.24. The molecule has 6 nitrogen and oxygen atoms in total. The molecule has 0 bridgehead atoms. The summed E-state index contributed by atoms with van der Waals surface area (Å²) in [4.78, 5) is 30.6. The molecule has 1 aliphatic carbocycles. The number of hydrogen-bond donors (Lipinski definition) is 2. The van der Waals surface area contributed by atoms with Crippen LogP contribution in [0.5, 0.6) is 11.5 Å². The van der Waals surface area contributed by atoms with E-state index in [4.69, 9.17) is 9.72 Å². The maximum absolute atomic E-state index is 13.5. The van der Waals surface area contributed by atoms with Crippen LogP contribution < -0.4 is 10.1 Å². The van der Waals surface area contributed by atoms with E-state index < -0.39 is 17.9 Å². The zero-order valence-electron chi connectivity index (χ0n) is 26.2. The van der Waals surface area contributed by atoms with Gasteiger partial charge in [-0.3, -0.25) is 4.79 Å². The van der Waals surface area contributed by atoms with Crippen LogP contribution in [-0.2, 0) is 23.1 Å². The van der Waals surface area contributed by atoms with Crippen LogP contribution in [0.4, 0.5) is 0 Å². The number of carboxylic acid groups (broad SMARTS) is 1. The molecular formula is C39H40N2O4. The minimum atomic E-state index is -1.09. The predicted octanol–water partition coefficient (Wildman–Crippen LogP) is 8.64. The maximum Gasteiger partial charge on any atom is 0.326 e. The van der Waals surface area contributed by atoms with Crippen molar-refractivity contribution in [2.24, 2.45) is 5.92 Å². The zero-order chi connectivity index (χ0) is 31.6. The van der Waals surface area contributed by atoms with Crippen molar-refractivity contribution in [3.8, 4) is 11.5 Å². The normalized spacial score (nSPS) is 14.5. The van der Waals surface area contributed by atoms with Crippen molar-refractivity contribution in [2.75, 3.05) is 0 Å². The number of carbonyl (C=O) groups excluding carboxylic acids is 1. The second-order valence-electron chi connectivity index (χ2n) is 13.3. The number of carbonyl (C=O) groups is 2. The number of nitrogens with zero attached hydrogens (tertiary/aromatic N) is 1. The molecule has 45 heavy (non-hydrogen) atoms. The lowest BCUT2D eigenvalue weighted by Crippen LogP contribution is -2.42.